The zero-order valence-electron chi connectivity index (χ0n) is 9.90. The summed E-state index contributed by atoms with van der Waals surface area (Å²) in [6, 6.07) is 1.71. The largest absolute Gasteiger partial charge is 0.378 e. The topological polar surface area (TPSA) is 67.4 Å². The van der Waals surface area contributed by atoms with Crippen molar-refractivity contribution < 1.29 is 13.2 Å². The molecule has 0 spiro atoms. The minimum absolute atomic E-state index is 0.0398. The highest BCUT2D eigenvalue weighted by molar-refractivity contribution is 9.11. The molecule has 5 nitrogen and oxygen atoms in total. The Kier molecular flexibility index (Phi) is 4.79. The average molecular weight is 355 g/mol. The van der Waals surface area contributed by atoms with Gasteiger partial charge >= 0.3 is 0 Å². The molecule has 0 bridgehead atoms. The van der Waals surface area contributed by atoms with Crippen LogP contribution in [0, 0.1) is 6.92 Å². The van der Waals surface area contributed by atoms with Gasteiger partial charge in [-0.05, 0) is 34.5 Å². The van der Waals surface area contributed by atoms with Crippen molar-refractivity contribution in [3.05, 3.63) is 15.4 Å². The van der Waals surface area contributed by atoms with E-state index in [4.69, 9.17) is 4.74 Å². The summed E-state index contributed by atoms with van der Waals surface area (Å²) >= 11 is 4.55. The Morgan fingerprint density at radius 3 is 3.00 bits per heavy atom. The second-order valence-electron chi connectivity index (χ2n) is 4.10. The van der Waals surface area contributed by atoms with Crippen LogP contribution in [0.3, 0.4) is 0 Å². The minimum Gasteiger partial charge on any atom is -0.378 e. The van der Waals surface area contributed by atoms with Crippen LogP contribution in [0.25, 0.3) is 0 Å². The molecule has 2 heterocycles. The number of thiophene rings is 1. The van der Waals surface area contributed by atoms with Crippen LogP contribution in [-0.4, -0.2) is 40.8 Å². The van der Waals surface area contributed by atoms with Crippen LogP contribution in [0.2, 0.25) is 0 Å². The summed E-state index contributed by atoms with van der Waals surface area (Å²) in [7, 11) is -3.42. The van der Waals surface area contributed by atoms with Crippen LogP contribution in [0.4, 0.5) is 0 Å². The number of sulfonamides is 1. The Morgan fingerprint density at radius 1 is 1.67 bits per heavy atom. The highest BCUT2D eigenvalue weighted by atomic mass is 79.9. The molecule has 2 N–H and O–H groups in total. The van der Waals surface area contributed by atoms with Crippen LogP contribution in [-0.2, 0) is 14.8 Å². The minimum atomic E-state index is -3.42. The summed E-state index contributed by atoms with van der Waals surface area (Å²) in [5.74, 6) is 0. The van der Waals surface area contributed by atoms with Crippen LogP contribution < -0.4 is 10.0 Å². The third-order valence-corrected chi connectivity index (χ3v) is 6.65. The molecule has 0 amide bonds. The number of halogens is 1. The number of nitrogens with one attached hydrogen (secondary N) is 2. The molecule has 0 aromatic carbocycles. The fourth-order valence-electron chi connectivity index (χ4n) is 1.60. The van der Waals surface area contributed by atoms with Crippen molar-refractivity contribution in [2.45, 2.75) is 17.2 Å². The Morgan fingerprint density at radius 2 is 2.44 bits per heavy atom. The first-order chi connectivity index (χ1) is 8.49. The molecule has 18 heavy (non-hydrogen) atoms. The van der Waals surface area contributed by atoms with Gasteiger partial charge in [-0.2, -0.15) is 0 Å². The lowest BCUT2D eigenvalue weighted by molar-refractivity contribution is 0.0784. The second-order valence-corrected chi connectivity index (χ2v) is 8.46. The van der Waals surface area contributed by atoms with E-state index in [1.807, 2.05) is 6.92 Å². The first kappa shape index (κ1) is 14.4. The van der Waals surface area contributed by atoms with E-state index >= 15 is 0 Å². The van der Waals surface area contributed by atoms with Gasteiger partial charge in [0.15, 0.2) is 0 Å². The van der Waals surface area contributed by atoms with Crippen LogP contribution in [0.5, 0.6) is 0 Å². The zero-order chi connectivity index (χ0) is 13.2. The monoisotopic (exact) mass is 354 g/mol. The lowest BCUT2D eigenvalue weighted by Crippen LogP contribution is -2.48. The number of ether oxygens (including phenoxy) is 1. The molecule has 1 aliphatic rings. The zero-order valence-corrected chi connectivity index (χ0v) is 13.1. The van der Waals surface area contributed by atoms with Gasteiger partial charge in [-0.25, -0.2) is 13.1 Å². The van der Waals surface area contributed by atoms with Gasteiger partial charge in [0.2, 0.25) is 10.0 Å². The highest BCUT2D eigenvalue weighted by Gasteiger charge is 2.21. The molecule has 0 aliphatic carbocycles. The summed E-state index contributed by atoms with van der Waals surface area (Å²) in [4.78, 5) is 0. The summed E-state index contributed by atoms with van der Waals surface area (Å²) < 4.78 is 33.2. The maximum Gasteiger partial charge on any atom is 0.250 e. The van der Waals surface area contributed by atoms with Gasteiger partial charge in [0.1, 0.15) is 4.21 Å². The molecule has 1 saturated heterocycles. The van der Waals surface area contributed by atoms with Crippen molar-refractivity contribution in [1.29, 1.82) is 0 Å². The van der Waals surface area contributed by atoms with Gasteiger partial charge in [-0.3, -0.25) is 0 Å². The van der Waals surface area contributed by atoms with E-state index in [0.717, 1.165) is 15.9 Å². The fraction of sp³-hybridized carbons (Fsp3) is 0.600. The third kappa shape index (κ3) is 3.52. The molecule has 0 radical (unpaired) electrons. The highest BCUT2D eigenvalue weighted by Crippen LogP contribution is 2.30. The van der Waals surface area contributed by atoms with E-state index in [0.29, 0.717) is 24.0 Å². The number of morpholine rings is 1. The van der Waals surface area contributed by atoms with Crippen LogP contribution in [0.15, 0.2) is 14.1 Å². The predicted octanol–water partition coefficient (Wildman–Crippen LogP) is 1.09. The van der Waals surface area contributed by atoms with E-state index in [2.05, 4.69) is 26.0 Å². The van der Waals surface area contributed by atoms with Crippen LogP contribution in [0.1, 0.15) is 5.56 Å². The van der Waals surface area contributed by atoms with E-state index in [1.165, 1.54) is 11.3 Å². The summed E-state index contributed by atoms with van der Waals surface area (Å²) in [6.07, 6.45) is 0. The van der Waals surface area contributed by atoms with Gasteiger partial charge < -0.3 is 10.1 Å². The molecule has 1 atom stereocenters. The van der Waals surface area contributed by atoms with Gasteiger partial charge in [0.25, 0.3) is 0 Å². The molecule has 102 valence electrons. The summed E-state index contributed by atoms with van der Waals surface area (Å²) in [5.41, 5.74) is 0.930. The average Bonchev–Trinajstić information content (AvgIpc) is 2.70. The molecule has 1 aromatic rings. The quantitative estimate of drug-likeness (QED) is 0.849. The SMILES string of the molecule is Cc1cc(S(=O)(=O)NCC2COCCN2)sc1Br. The maximum atomic E-state index is 12.1. The lowest BCUT2D eigenvalue weighted by atomic mass is 10.3. The number of hydrogen-bond donors (Lipinski definition) is 2. The molecular formula is C10H15BrN2O3S2. The first-order valence-electron chi connectivity index (χ1n) is 5.56. The Balaban J connectivity index is 1.98. The van der Waals surface area contributed by atoms with Gasteiger partial charge in [0.05, 0.1) is 17.0 Å². The van der Waals surface area contributed by atoms with Gasteiger partial charge in [0, 0.05) is 19.1 Å². The Bertz CT molecular complexity index is 490. The van der Waals surface area contributed by atoms with Crippen molar-refractivity contribution in [1.82, 2.24) is 10.0 Å². The van der Waals surface area contributed by atoms with Crippen molar-refractivity contribution in [3.8, 4) is 0 Å². The van der Waals surface area contributed by atoms with Gasteiger partial charge in [-0.1, -0.05) is 0 Å². The number of aryl methyl sites for hydroxylation is 1. The molecule has 0 saturated carbocycles. The maximum absolute atomic E-state index is 12.1. The summed E-state index contributed by atoms with van der Waals surface area (Å²) in [5, 5.41) is 3.20. The lowest BCUT2D eigenvalue weighted by Gasteiger charge is -2.23. The Labute approximate surface area is 119 Å². The molecular weight excluding hydrogens is 340 g/mol. The van der Waals surface area contributed by atoms with E-state index in [9.17, 15) is 8.42 Å². The van der Waals surface area contributed by atoms with E-state index in [-0.39, 0.29) is 6.04 Å². The molecule has 8 heteroatoms. The second kappa shape index (κ2) is 5.98. The Hall–Kier alpha value is 0.01000. The predicted molar refractivity (Wildman–Crippen MR) is 74.6 cm³/mol. The molecule has 1 fully saturated rings. The number of rotatable bonds is 4. The van der Waals surface area contributed by atoms with E-state index < -0.39 is 10.0 Å². The summed E-state index contributed by atoms with van der Waals surface area (Å²) in [6.45, 7) is 4.19. The van der Waals surface area contributed by atoms with Gasteiger partial charge in [-0.15, -0.1) is 11.3 Å². The normalized spacial score (nSPS) is 21.1. The standard InChI is InChI=1S/C10H15BrN2O3S2/c1-7-4-9(17-10(7)11)18(14,15)13-5-8-6-16-3-2-12-8/h4,8,12-13H,2-3,5-6H2,1H3. The fourth-order valence-corrected chi connectivity index (χ4v) is 4.95. The molecule has 1 aliphatic heterocycles. The van der Waals surface area contributed by atoms with Crippen molar-refractivity contribution >= 4 is 37.3 Å². The van der Waals surface area contributed by atoms with Crippen molar-refractivity contribution in [3.63, 3.8) is 0 Å². The smallest absolute Gasteiger partial charge is 0.250 e. The molecule has 2 rings (SSSR count). The molecule has 1 unspecified atom stereocenters. The number of hydrogen-bond acceptors (Lipinski definition) is 5. The molecule has 1 aromatic heterocycles. The third-order valence-electron chi connectivity index (χ3n) is 2.62. The van der Waals surface area contributed by atoms with Crippen LogP contribution >= 0.6 is 27.3 Å². The van der Waals surface area contributed by atoms with Crippen molar-refractivity contribution in [2.75, 3.05) is 26.3 Å². The van der Waals surface area contributed by atoms with E-state index in [1.54, 1.807) is 6.07 Å². The van der Waals surface area contributed by atoms with Crippen molar-refractivity contribution in [2.24, 2.45) is 0 Å². The first-order valence-corrected chi connectivity index (χ1v) is 8.65.